The smallest absolute Gasteiger partial charge is 0.322 e. The van der Waals surface area contributed by atoms with E-state index in [2.05, 4.69) is 10.1 Å². The van der Waals surface area contributed by atoms with Gasteiger partial charge in [-0.05, 0) is 24.3 Å². The number of nitrogens with zero attached hydrogens (tertiary/aromatic N) is 4. The molecule has 9 heteroatoms. The number of piperazine rings is 1. The molecule has 0 aliphatic carbocycles. The van der Waals surface area contributed by atoms with E-state index in [0.29, 0.717) is 47.9 Å². The van der Waals surface area contributed by atoms with Crippen LogP contribution < -0.4 is 4.90 Å². The minimum absolute atomic E-state index is 0.305. The fraction of sp³-hybridized carbons (Fsp3) is 0.222. The molecule has 140 valence electrons. The third-order valence-corrected chi connectivity index (χ3v) is 6.54. The Kier molecular flexibility index (Phi) is 4.86. The van der Waals surface area contributed by atoms with E-state index >= 15 is 0 Å². The maximum atomic E-state index is 12.7. The van der Waals surface area contributed by atoms with Crippen molar-refractivity contribution in [3.8, 4) is 11.4 Å². The maximum Gasteiger partial charge on any atom is 0.324 e. The van der Waals surface area contributed by atoms with Gasteiger partial charge in [-0.3, -0.25) is 0 Å². The van der Waals surface area contributed by atoms with Gasteiger partial charge in [0.1, 0.15) is 0 Å². The largest absolute Gasteiger partial charge is 0.324 e. The molecule has 2 heterocycles. The van der Waals surface area contributed by atoms with Crippen molar-refractivity contribution >= 4 is 27.6 Å². The summed E-state index contributed by atoms with van der Waals surface area (Å²) in [5.41, 5.74) is 0.766. The van der Waals surface area contributed by atoms with Crippen LogP contribution in [0.5, 0.6) is 0 Å². The summed E-state index contributed by atoms with van der Waals surface area (Å²) in [6.45, 7) is 1.66. The lowest BCUT2D eigenvalue weighted by atomic mass is 10.2. The predicted octanol–water partition coefficient (Wildman–Crippen LogP) is 2.90. The van der Waals surface area contributed by atoms with Gasteiger partial charge in [0.25, 0.3) is 0 Å². The molecule has 0 atom stereocenters. The van der Waals surface area contributed by atoms with E-state index in [1.807, 2.05) is 17.0 Å². The van der Waals surface area contributed by atoms with Crippen LogP contribution in [0.25, 0.3) is 11.4 Å². The van der Waals surface area contributed by atoms with Crippen LogP contribution in [0, 0.1) is 0 Å². The monoisotopic (exact) mass is 404 g/mol. The van der Waals surface area contributed by atoms with Crippen molar-refractivity contribution in [1.29, 1.82) is 0 Å². The molecule has 1 aliphatic heterocycles. The lowest BCUT2D eigenvalue weighted by molar-refractivity contribution is 0.355. The number of hydrogen-bond acceptors (Lipinski definition) is 6. The first-order valence-corrected chi connectivity index (χ1v) is 10.3. The number of benzene rings is 2. The highest BCUT2D eigenvalue weighted by molar-refractivity contribution is 7.89. The minimum Gasteiger partial charge on any atom is -0.322 e. The van der Waals surface area contributed by atoms with E-state index in [9.17, 15) is 8.42 Å². The van der Waals surface area contributed by atoms with Crippen LogP contribution in [0.4, 0.5) is 6.01 Å². The molecule has 0 amide bonds. The van der Waals surface area contributed by atoms with Gasteiger partial charge < -0.3 is 9.42 Å². The maximum absolute atomic E-state index is 12.7. The summed E-state index contributed by atoms with van der Waals surface area (Å²) in [5, 5.41) is 4.60. The standard InChI is InChI=1S/C18H17ClN4O3S/c19-15-6-4-5-14(13-15)17-20-18(26-21-17)22-9-11-23(12-10-22)27(24,25)16-7-2-1-3-8-16/h1-8,13H,9-12H2. The molecule has 4 rings (SSSR count). The Morgan fingerprint density at radius 1 is 0.963 bits per heavy atom. The minimum atomic E-state index is -3.48. The third-order valence-electron chi connectivity index (χ3n) is 4.39. The van der Waals surface area contributed by atoms with E-state index in [1.165, 1.54) is 4.31 Å². The summed E-state index contributed by atoms with van der Waals surface area (Å²) in [6.07, 6.45) is 0. The van der Waals surface area contributed by atoms with E-state index in [4.69, 9.17) is 16.1 Å². The molecule has 0 spiro atoms. The fourth-order valence-corrected chi connectivity index (χ4v) is 4.58. The molecule has 2 aromatic carbocycles. The van der Waals surface area contributed by atoms with E-state index in [1.54, 1.807) is 42.5 Å². The molecule has 27 heavy (non-hydrogen) atoms. The van der Waals surface area contributed by atoms with Crippen molar-refractivity contribution < 1.29 is 12.9 Å². The molecular formula is C18H17ClN4O3S. The van der Waals surface area contributed by atoms with Crippen LogP contribution in [0.3, 0.4) is 0 Å². The van der Waals surface area contributed by atoms with Crippen molar-refractivity contribution in [1.82, 2.24) is 14.4 Å². The highest BCUT2D eigenvalue weighted by Gasteiger charge is 2.30. The van der Waals surface area contributed by atoms with Gasteiger partial charge in [-0.1, -0.05) is 47.1 Å². The summed E-state index contributed by atoms with van der Waals surface area (Å²) >= 11 is 6.00. The number of rotatable bonds is 4. The summed E-state index contributed by atoms with van der Waals surface area (Å²) in [4.78, 5) is 6.60. The normalized spacial score (nSPS) is 15.8. The van der Waals surface area contributed by atoms with E-state index < -0.39 is 10.0 Å². The number of aromatic nitrogens is 2. The number of anilines is 1. The molecule has 1 saturated heterocycles. The lowest BCUT2D eigenvalue weighted by Gasteiger charge is -2.32. The van der Waals surface area contributed by atoms with Crippen LogP contribution in [-0.4, -0.2) is 49.0 Å². The first kappa shape index (κ1) is 18.0. The Morgan fingerprint density at radius 3 is 2.41 bits per heavy atom. The van der Waals surface area contributed by atoms with Crippen molar-refractivity contribution in [2.24, 2.45) is 0 Å². The van der Waals surface area contributed by atoms with Gasteiger partial charge in [-0.25, -0.2) is 8.42 Å². The molecule has 0 N–H and O–H groups in total. The Bertz CT molecular complexity index is 1030. The van der Waals surface area contributed by atoms with Gasteiger partial charge in [0, 0.05) is 36.8 Å². The topological polar surface area (TPSA) is 79.5 Å². The molecule has 0 unspecified atom stereocenters. The third kappa shape index (κ3) is 3.69. The van der Waals surface area contributed by atoms with Crippen molar-refractivity contribution in [2.75, 3.05) is 31.1 Å². The van der Waals surface area contributed by atoms with Gasteiger partial charge in [-0.2, -0.15) is 9.29 Å². The second-order valence-electron chi connectivity index (χ2n) is 6.12. The quantitative estimate of drug-likeness (QED) is 0.665. The zero-order valence-corrected chi connectivity index (χ0v) is 15.9. The second kappa shape index (κ2) is 7.30. The summed E-state index contributed by atoms with van der Waals surface area (Å²) in [6, 6.07) is 16.0. The van der Waals surface area contributed by atoms with Crippen LogP contribution in [0.15, 0.2) is 64.0 Å². The van der Waals surface area contributed by atoms with Crippen LogP contribution in [-0.2, 0) is 10.0 Å². The fourth-order valence-electron chi connectivity index (χ4n) is 2.95. The first-order valence-electron chi connectivity index (χ1n) is 8.44. The Labute approximate surface area is 162 Å². The molecule has 7 nitrogen and oxygen atoms in total. The van der Waals surface area contributed by atoms with Crippen LogP contribution in [0.2, 0.25) is 5.02 Å². The molecule has 0 saturated carbocycles. The van der Waals surface area contributed by atoms with Crippen LogP contribution >= 0.6 is 11.6 Å². The molecule has 1 fully saturated rings. The SMILES string of the molecule is O=S(=O)(c1ccccc1)N1CCN(c2nc(-c3cccc(Cl)c3)no2)CC1. The summed E-state index contributed by atoms with van der Waals surface area (Å²) < 4.78 is 32.2. The highest BCUT2D eigenvalue weighted by Crippen LogP contribution is 2.24. The number of halogens is 1. The molecule has 1 aromatic heterocycles. The molecular weight excluding hydrogens is 388 g/mol. The lowest BCUT2D eigenvalue weighted by Crippen LogP contribution is -2.48. The van der Waals surface area contributed by atoms with Crippen molar-refractivity contribution in [3.05, 3.63) is 59.6 Å². The Balaban J connectivity index is 1.46. The molecule has 3 aromatic rings. The van der Waals surface area contributed by atoms with Crippen LogP contribution in [0.1, 0.15) is 0 Å². The predicted molar refractivity (Wildman–Crippen MR) is 102 cm³/mol. The van der Waals surface area contributed by atoms with Gasteiger partial charge in [0.15, 0.2) is 0 Å². The summed E-state index contributed by atoms with van der Waals surface area (Å²) in [7, 11) is -3.48. The van der Waals surface area contributed by atoms with E-state index in [0.717, 1.165) is 5.56 Å². The van der Waals surface area contributed by atoms with Gasteiger partial charge in [-0.15, -0.1) is 0 Å². The second-order valence-corrected chi connectivity index (χ2v) is 8.49. The summed E-state index contributed by atoms with van der Waals surface area (Å²) in [5.74, 6) is 0.451. The van der Waals surface area contributed by atoms with E-state index in [-0.39, 0.29) is 0 Å². The van der Waals surface area contributed by atoms with Gasteiger partial charge in [0.05, 0.1) is 4.90 Å². The number of sulfonamides is 1. The average molecular weight is 405 g/mol. The zero-order chi connectivity index (χ0) is 18.9. The highest BCUT2D eigenvalue weighted by atomic mass is 35.5. The molecule has 0 radical (unpaired) electrons. The molecule has 1 aliphatic rings. The molecule has 0 bridgehead atoms. The average Bonchev–Trinajstić information content (AvgIpc) is 3.19. The van der Waals surface area contributed by atoms with Gasteiger partial charge in [0.2, 0.25) is 15.8 Å². The Morgan fingerprint density at radius 2 is 1.70 bits per heavy atom. The van der Waals surface area contributed by atoms with Crippen molar-refractivity contribution in [2.45, 2.75) is 4.90 Å². The van der Waals surface area contributed by atoms with Gasteiger partial charge >= 0.3 is 6.01 Å². The first-order chi connectivity index (χ1) is 13.0. The zero-order valence-electron chi connectivity index (χ0n) is 14.3. The van der Waals surface area contributed by atoms with Crippen molar-refractivity contribution in [3.63, 3.8) is 0 Å². The number of hydrogen-bond donors (Lipinski definition) is 0. The Hall–Kier alpha value is -2.42.